The van der Waals surface area contributed by atoms with Gasteiger partial charge in [-0.25, -0.2) is 0 Å². The number of likely N-dealkylation sites (tertiary alicyclic amines) is 1. The van der Waals surface area contributed by atoms with Crippen molar-refractivity contribution in [3.05, 3.63) is 30.3 Å². The summed E-state index contributed by atoms with van der Waals surface area (Å²) < 4.78 is 0. The van der Waals surface area contributed by atoms with Crippen LogP contribution in [-0.4, -0.2) is 42.4 Å². The predicted octanol–water partition coefficient (Wildman–Crippen LogP) is 3.57. The van der Waals surface area contributed by atoms with Gasteiger partial charge in [0.25, 0.3) is 0 Å². The zero-order chi connectivity index (χ0) is 18.9. The van der Waals surface area contributed by atoms with Crippen LogP contribution in [0.25, 0.3) is 0 Å². The SMILES string of the molecule is O=C(CCC(=O)Nc1ccccc1)NCC1CCCN(C2CCCCC2)C1. The van der Waals surface area contributed by atoms with E-state index in [4.69, 9.17) is 0 Å². The molecular weight excluding hydrogens is 338 g/mol. The van der Waals surface area contributed by atoms with Gasteiger partial charge < -0.3 is 15.5 Å². The van der Waals surface area contributed by atoms with Crippen LogP contribution < -0.4 is 10.6 Å². The third-order valence-corrected chi connectivity index (χ3v) is 5.87. The van der Waals surface area contributed by atoms with Crippen LogP contribution in [0.5, 0.6) is 0 Å². The monoisotopic (exact) mass is 371 g/mol. The molecule has 1 unspecified atom stereocenters. The van der Waals surface area contributed by atoms with Crippen molar-refractivity contribution < 1.29 is 9.59 Å². The van der Waals surface area contributed by atoms with Gasteiger partial charge in [-0.15, -0.1) is 0 Å². The molecule has 1 saturated heterocycles. The summed E-state index contributed by atoms with van der Waals surface area (Å²) in [5.41, 5.74) is 0.771. The van der Waals surface area contributed by atoms with Crippen LogP contribution in [0.15, 0.2) is 30.3 Å². The fourth-order valence-corrected chi connectivity index (χ4v) is 4.36. The Kier molecular flexibility index (Phi) is 7.69. The van der Waals surface area contributed by atoms with Gasteiger partial charge >= 0.3 is 0 Å². The summed E-state index contributed by atoms with van der Waals surface area (Å²) in [5, 5.41) is 5.87. The zero-order valence-electron chi connectivity index (χ0n) is 16.3. The summed E-state index contributed by atoms with van der Waals surface area (Å²) in [6.07, 6.45) is 9.71. The quantitative estimate of drug-likeness (QED) is 0.770. The molecule has 1 aliphatic carbocycles. The van der Waals surface area contributed by atoms with Crippen molar-refractivity contribution in [2.45, 2.75) is 63.8 Å². The number of benzene rings is 1. The van der Waals surface area contributed by atoms with Crippen molar-refractivity contribution in [2.75, 3.05) is 25.0 Å². The average molecular weight is 372 g/mol. The van der Waals surface area contributed by atoms with Crippen LogP contribution in [-0.2, 0) is 9.59 Å². The molecule has 1 heterocycles. The van der Waals surface area contributed by atoms with Gasteiger partial charge in [-0.1, -0.05) is 37.5 Å². The van der Waals surface area contributed by atoms with Crippen LogP contribution >= 0.6 is 0 Å². The molecule has 27 heavy (non-hydrogen) atoms. The minimum absolute atomic E-state index is 0.0204. The number of rotatable bonds is 7. The summed E-state index contributed by atoms with van der Waals surface area (Å²) in [5.74, 6) is 0.410. The maximum Gasteiger partial charge on any atom is 0.224 e. The highest BCUT2D eigenvalue weighted by molar-refractivity contribution is 5.93. The van der Waals surface area contributed by atoms with E-state index in [9.17, 15) is 9.59 Å². The lowest BCUT2D eigenvalue weighted by atomic mass is 9.90. The first-order valence-electron chi connectivity index (χ1n) is 10.6. The van der Waals surface area contributed by atoms with Crippen molar-refractivity contribution in [3.8, 4) is 0 Å². The number of amides is 2. The third kappa shape index (κ3) is 6.65. The van der Waals surface area contributed by atoms with E-state index in [1.165, 1.54) is 51.5 Å². The molecule has 2 fully saturated rings. The number of anilines is 1. The van der Waals surface area contributed by atoms with E-state index in [0.29, 0.717) is 5.92 Å². The first kappa shape index (κ1) is 19.9. The second kappa shape index (κ2) is 10.5. The lowest BCUT2D eigenvalue weighted by Gasteiger charge is -2.40. The normalized spacial score (nSPS) is 21.6. The molecule has 1 saturated carbocycles. The van der Waals surface area contributed by atoms with E-state index in [1.54, 1.807) is 0 Å². The van der Waals surface area contributed by atoms with E-state index in [0.717, 1.165) is 24.8 Å². The minimum atomic E-state index is -0.113. The molecule has 1 aromatic rings. The van der Waals surface area contributed by atoms with Gasteiger partial charge in [0.1, 0.15) is 0 Å². The molecule has 5 nitrogen and oxygen atoms in total. The maximum absolute atomic E-state index is 12.1. The number of carbonyl (C=O) groups excluding carboxylic acids is 2. The van der Waals surface area contributed by atoms with Crippen molar-refractivity contribution in [3.63, 3.8) is 0 Å². The number of para-hydroxylation sites is 1. The number of piperidine rings is 1. The van der Waals surface area contributed by atoms with Gasteiger partial charge in [0.05, 0.1) is 0 Å². The van der Waals surface area contributed by atoms with Crippen LogP contribution in [0.1, 0.15) is 57.8 Å². The Hall–Kier alpha value is -1.88. The van der Waals surface area contributed by atoms with E-state index in [2.05, 4.69) is 15.5 Å². The van der Waals surface area contributed by atoms with Crippen molar-refractivity contribution >= 4 is 17.5 Å². The molecule has 1 aliphatic heterocycles. The highest BCUT2D eigenvalue weighted by Crippen LogP contribution is 2.26. The largest absolute Gasteiger partial charge is 0.356 e. The van der Waals surface area contributed by atoms with E-state index >= 15 is 0 Å². The molecule has 148 valence electrons. The summed E-state index contributed by atoms with van der Waals surface area (Å²) >= 11 is 0. The zero-order valence-corrected chi connectivity index (χ0v) is 16.3. The van der Waals surface area contributed by atoms with E-state index in [1.807, 2.05) is 30.3 Å². The average Bonchev–Trinajstić information content (AvgIpc) is 2.72. The molecule has 5 heteroatoms. The molecule has 0 bridgehead atoms. The number of hydrogen-bond donors (Lipinski definition) is 2. The minimum Gasteiger partial charge on any atom is -0.356 e. The van der Waals surface area contributed by atoms with Crippen molar-refractivity contribution in [1.82, 2.24) is 10.2 Å². The molecule has 1 atom stereocenters. The Morgan fingerprint density at radius 3 is 2.44 bits per heavy atom. The van der Waals surface area contributed by atoms with Crippen LogP contribution in [0.4, 0.5) is 5.69 Å². The fraction of sp³-hybridized carbons (Fsp3) is 0.636. The highest BCUT2D eigenvalue weighted by Gasteiger charge is 2.27. The Bertz CT molecular complexity index is 599. The van der Waals surface area contributed by atoms with Crippen molar-refractivity contribution in [1.29, 1.82) is 0 Å². The second-order valence-corrected chi connectivity index (χ2v) is 8.01. The maximum atomic E-state index is 12.1. The van der Waals surface area contributed by atoms with E-state index in [-0.39, 0.29) is 24.7 Å². The third-order valence-electron chi connectivity index (χ3n) is 5.87. The molecule has 0 aromatic heterocycles. The Morgan fingerprint density at radius 1 is 0.926 bits per heavy atom. The van der Waals surface area contributed by atoms with Gasteiger partial charge in [0, 0.05) is 37.7 Å². The lowest BCUT2D eigenvalue weighted by Crippen LogP contribution is -2.46. The summed E-state index contributed by atoms with van der Waals surface area (Å²) in [4.78, 5) is 26.7. The molecule has 3 rings (SSSR count). The summed E-state index contributed by atoms with van der Waals surface area (Å²) in [6.45, 7) is 3.07. The van der Waals surface area contributed by atoms with Crippen LogP contribution in [0, 0.1) is 5.92 Å². The molecule has 1 aromatic carbocycles. The van der Waals surface area contributed by atoms with E-state index < -0.39 is 0 Å². The number of nitrogens with one attached hydrogen (secondary N) is 2. The lowest BCUT2D eigenvalue weighted by molar-refractivity contribution is -0.124. The molecular formula is C22H33N3O2. The topological polar surface area (TPSA) is 61.4 Å². The van der Waals surface area contributed by atoms with Crippen molar-refractivity contribution in [2.24, 2.45) is 5.92 Å². The van der Waals surface area contributed by atoms with Gasteiger partial charge in [-0.2, -0.15) is 0 Å². The summed E-state index contributed by atoms with van der Waals surface area (Å²) in [7, 11) is 0. The molecule has 2 amide bonds. The standard InChI is InChI=1S/C22H33N3O2/c26-21(13-14-22(27)24-19-9-3-1-4-10-19)23-16-18-8-7-15-25(17-18)20-11-5-2-6-12-20/h1,3-4,9-10,18,20H,2,5-8,11-17H2,(H,23,26)(H,24,27). The second-order valence-electron chi connectivity index (χ2n) is 8.01. The fourth-order valence-electron chi connectivity index (χ4n) is 4.36. The Balaban J connectivity index is 1.33. The molecule has 0 spiro atoms. The van der Waals surface area contributed by atoms with Crippen LogP contribution in [0.2, 0.25) is 0 Å². The Labute approximate surface area is 162 Å². The molecule has 2 aliphatic rings. The molecule has 0 radical (unpaired) electrons. The summed E-state index contributed by atoms with van der Waals surface area (Å²) in [6, 6.07) is 10.1. The Morgan fingerprint density at radius 2 is 1.67 bits per heavy atom. The molecule has 2 N–H and O–H groups in total. The predicted molar refractivity (Wildman–Crippen MR) is 108 cm³/mol. The van der Waals surface area contributed by atoms with Gasteiger partial charge in [-0.05, 0) is 50.3 Å². The van der Waals surface area contributed by atoms with Gasteiger partial charge in [0.2, 0.25) is 11.8 Å². The number of nitrogens with zero attached hydrogens (tertiary/aromatic N) is 1. The van der Waals surface area contributed by atoms with Gasteiger partial charge in [-0.3, -0.25) is 9.59 Å². The van der Waals surface area contributed by atoms with Crippen LogP contribution in [0.3, 0.4) is 0 Å². The smallest absolute Gasteiger partial charge is 0.224 e. The first-order valence-corrected chi connectivity index (χ1v) is 10.6. The first-order chi connectivity index (χ1) is 13.2. The number of carbonyl (C=O) groups is 2. The van der Waals surface area contributed by atoms with Gasteiger partial charge in [0.15, 0.2) is 0 Å². The highest BCUT2D eigenvalue weighted by atomic mass is 16.2. The number of hydrogen-bond acceptors (Lipinski definition) is 3.